The number of hydrogen-bond acceptors (Lipinski definition) is 5. The zero-order valence-electron chi connectivity index (χ0n) is 13.4. The van der Waals surface area contributed by atoms with Crippen molar-refractivity contribution in [1.29, 1.82) is 0 Å². The Kier molecular flexibility index (Phi) is 4.60. The van der Waals surface area contributed by atoms with E-state index >= 15 is 0 Å². The van der Waals surface area contributed by atoms with Gasteiger partial charge >= 0.3 is 0 Å². The van der Waals surface area contributed by atoms with Crippen LogP contribution in [0.15, 0.2) is 30.6 Å². The summed E-state index contributed by atoms with van der Waals surface area (Å²) in [5.74, 6) is 1.40. The molecule has 2 aromatic rings. The fourth-order valence-corrected chi connectivity index (χ4v) is 3.45. The molecule has 1 fully saturated rings. The van der Waals surface area contributed by atoms with E-state index in [0.717, 1.165) is 44.1 Å². The molecule has 0 radical (unpaired) electrons. The van der Waals surface area contributed by atoms with Gasteiger partial charge in [0, 0.05) is 32.0 Å². The van der Waals surface area contributed by atoms with E-state index in [1.807, 2.05) is 29.1 Å². The predicted molar refractivity (Wildman–Crippen MR) is 89.7 cm³/mol. The Labute approximate surface area is 145 Å². The molecule has 1 aromatic heterocycles. The van der Waals surface area contributed by atoms with E-state index in [1.54, 1.807) is 6.20 Å². The summed E-state index contributed by atoms with van der Waals surface area (Å²) in [5.41, 5.74) is 1.13. The monoisotopic (exact) mass is 349 g/mol. The average molecular weight is 350 g/mol. The molecular weight excluding hydrogens is 330 g/mol. The van der Waals surface area contributed by atoms with Crippen LogP contribution in [0.1, 0.15) is 5.56 Å². The lowest BCUT2D eigenvalue weighted by atomic mass is 10.1. The maximum atomic E-state index is 6.33. The number of morpholine rings is 1. The van der Waals surface area contributed by atoms with Crippen molar-refractivity contribution in [3.05, 3.63) is 41.2 Å². The Balaban J connectivity index is 1.42. The van der Waals surface area contributed by atoms with Crippen molar-refractivity contribution in [3.63, 3.8) is 0 Å². The molecule has 0 bridgehead atoms. The third-order valence-electron chi connectivity index (χ3n) is 4.24. The minimum atomic E-state index is 0.145. The van der Waals surface area contributed by atoms with Crippen LogP contribution in [0.5, 0.6) is 11.5 Å². The number of halogens is 1. The molecule has 0 N–H and O–H groups in total. The lowest BCUT2D eigenvalue weighted by molar-refractivity contribution is -0.0402. The fourth-order valence-electron chi connectivity index (χ4n) is 3.17. The van der Waals surface area contributed by atoms with Crippen LogP contribution < -0.4 is 9.47 Å². The van der Waals surface area contributed by atoms with E-state index in [-0.39, 0.29) is 6.10 Å². The molecule has 0 spiro atoms. The van der Waals surface area contributed by atoms with Crippen LogP contribution in [-0.4, -0.2) is 53.7 Å². The van der Waals surface area contributed by atoms with Crippen molar-refractivity contribution in [1.82, 2.24) is 14.7 Å². The van der Waals surface area contributed by atoms with Gasteiger partial charge in [0.2, 0.25) is 0 Å². The summed E-state index contributed by atoms with van der Waals surface area (Å²) in [6.45, 7) is 5.19. The largest absolute Gasteiger partial charge is 0.486 e. The van der Waals surface area contributed by atoms with Crippen molar-refractivity contribution < 1.29 is 14.2 Å². The number of rotatable bonds is 4. The molecule has 1 saturated heterocycles. The van der Waals surface area contributed by atoms with E-state index in [0.29, 0.717) is 24.0 Å². The van der Waals surface area contributed by atoms with Gasteiger partial charge in [-0.05, 0) is 23.8 Å². The van der Waals surface area contributed by atoms with Gasteiger partial charge in [-0.1, -0.05) is 11.6 Å². The molecule has 128 valence electrons. The summed E-state index contributed by atoms with van der Waals surface area (Å²) in [6, 6.07) is 5.92. The van der Waals surface area contributed by atoms with Crippen molar-refractivity contribution in [2.45, 2.75) is 19.2 Å². The van der Waals surface area contributed by atoms with Crippen LogP contribution in [0, 0.1) is 0 Å². The third-order valence-corrected chi connectivity index (χ3v) is 4.52. The van der Waals surface area contributed by atoms with E-state index < -0.39 is 0 Å². The number of benzene rings is 1. The quantitative estimate of drug-likeness (QED) is 0.847. The van der Waals surface area contributed by atoms with Gasteiger partial charge in [0.15, 0.2) is 11.5 Å². The maximum Gasteiger partial charge on any atom is 0.179 e. The molecule has 4 rings (SSSR count). The standard InChI is InChI=1S/C17H20ClN3O3/c18-15-8-13(9-16-17(15)24-7-6-23-16)10-20-4-5-22-14(11-20)12-21-3-1-2-19-21/h1-3,8-9,14H,4-7,10-12H2. The Morgan fingerprint density at radius 1 is 1.21 bits per heavy atom. The molecule has 7 heteroatoms. The Bertz CT molecular complexity index is 693. The van der Waals surface area contributed by atoms with Gasteiger partial charge < -0.3 is 14.2 Å². The van der Waals surface area contributed by atoms with Gasteiger partial charge in [-0.3, -0.25) is 9.58 Å². The molecule has 1 aromatic carbocycles. The number of aromatic nitrogens is 2. The third kappa shape index (κ3) is 3.50. The zero-order valence-corrected chi connectivity index (χ0v) is 14.1. The molecular formula is C17H20ClN3O3. The predicted octanol–water partition coefficient (Wildman–Crippen LogP) is 2.21. The smallest absolute Gasteiger partial charge is 0.179 e. The van der Waals surface area contributed by atoms with Crippen molar-refractivity contribution in [3.8, 4) is 11.5 Å². The van der Waals surface area contributed by atoms with Crippen LogP contribution in [0.2, 0.25) is 5.02 Å². The fraction of sp³-hybridized carbons (Fsp3) is 0.471. The normalized spacial score (nSPS) is 21.0. The highest BCUT2D eigenvalue weighted by Crippen LogP contribution is 2.38. The summed E-state index contributed by atoms with van der Waals surface area (Å²) >= 11 is 6.33. The van der Waals surface area contributed by atoms with Crippen molar-refractivity contribution in [2.24, 2.45) is 0 Å². The minimum Gasteiger partial charge on any atom is -0.486 e. The molecule has 0 aliphatic carbocycles. The van der Waals surface area contributed by atoms with Crippen LogP contribution in [0.3, 0.4) is 0 Å². The van der Waals surface area contributed by atoms with Gasteiger partial charge in [0.1, 0.15) is 13.2 Å². The Morgan fingerprint density at radius 3 is 3.00 bits per heavy atom. The van der Waals surface area contributed by atoms with E-state index in [1.165, 1.54) is 0 Å². The van der Waals surface area contributed by atoms with Gasteiger partial charge in [-0.15, -0.1) is 0 Å². The summed E-state index contributed by atoms with van der Waals surface area (Å²) < 4.78 is 19.0. The molecule has 1 atom stereocenters. The molecule has 2 aliphatic rings. The second-order valence-electron chi connectivity index (χ2n) is 6.06. The number of hydrogen-bond donors (Lipinski definition) is 0. The molecule has 1 unspecified atom stereocenters. The first kappa shape index (κ1) is 15.7. The number of fused-ring (bicyclic) bond motifs is 1. The van der Waals surface area contributed by atoms with E-state index in [2.05, 4.69) is 10.00 Å². The van der Waals surface area contributed by atoms with Crippen LogP contribution in [0.25, 0.3) is 0 Å². The minimum absolute atomic E-state index is 0.145. The van der Waals surface area contributed by atoms with E-state index in [4.69, 9.17) is 25.8 Å². The highest BCUT2D eigenvalue weighted by molar-refractivity contribution is 6.32. The Hall–Kier alpha value is -1.76. The SMILES string of the molecule is Clc1cc(CN2CCOC(Cn3cccn3)C2)cc2c1OCCO2. The number of nitrogens with zero attached hydrogens (tertiary/aromatic N) is 3. The highest BCUT2D eigenvalue weighted by Gasteiger charge is 2.23. The second-order valence-corrected chi connectivity index (χ2v) is 6.47. The molecule has 24 heavy (non-hydrogen) atoms. The van der Waals surface area contributed by atoms with Crippen molar-refractivity contribution >= 4 is 11.6 Å². The topological polar surface area (TPSA) is 48.8 Å². The molecule has 2 aliphatic heterocycles. The summed E-state index contributed by atoms with van der Waals surface area (Å²) in [5, 5.41) is 4.86. The maximum absolute atomic E-state index is 6.33. The Morgan fingerprint density at radius 2 is 2.12 bits per heavy atom. The first-order chi connectivity index (χ1) is 11.8. The van der Waals surface area contributed by atoms with Crippen LogP contribution in [0.4, 0.5) is 0 Å². The van der Waals surface area contributed by atoms with Crippen LogP contribution >= 0.6 is 11.6 Å². The van der Waals surface area contributed by atoms with Crippen molar-refractivity contribution in [2.75, 3.05) is 32.9 Å². The number of ether oxygens (including phenoxy) is 3. The molecule has 0 saturated carbocycles. The lowest BCUT2D eigenvalue weighted by Crippen LogP contribution is -2.43. The zero-order chi connectivity index (χ0) is 16.4. The molecule has 3 heterocycles. The van der Waals surface area contributed by atoms with Gasteiger partial charge in [-0.2, -0.15) is 5.10 Å². The second kappa shape index (κ2) is 7.01. The first-order valence-electron chi connectivity index (χ1n) is 8.17. The van der Waals surface area contributed by atoms with Gasteiger partial charge in [0.05, 0.1) is 24.3 Å². The summed E-state index contributed by atoms with van der Waals surface area (Å²) in [7, 11) is 0. The molecule has 0 amide bonds. The first-order valence-corrected chi connectivity index (χ1v) is 8.55. The summed E-state index contributed by atoms with van der Waals surface area (Å²) in [4.78, 5) is 2.37. The van der Waals surface area contributed by atoms with Gasteiger partial charge in [0.25, 0.3) is 0 Å². The van der Waals surface area contributed by atoms with Gasteiger partial charge in [-0.25, -0.2) is 0 Å². The lowest BCUT2D eigenvalue weighted by Gasteiger charge is -2.33. The molecule has 6 nitrogen and oxygen atoms in total. The summed E-state index contributed by atoms with van der Waals surface area (Å²) in [6.07, 6.45) is 3.90. The average Bonchev–Trinajstić information content (AvgIpc) is 3.08. The highest BCUT2D eigenvalue weighted by atomic mass is 35.5. The van der Waals surface area contributed by atoms with Crippen LogP contribution in [-0.2, 0) is 17.8 Å². The van der Waals surface area contributed by atoms with E-state index in [9.17, 15) is 0 Å².